The van der Waals surface area contributed by atoms with Crippen molar-refractivity contribution in [3.8, 4) is 11.1 Å². The highest BCUT2D eigenvalue weighted by Crippen LogP contribution is 2.32. The Morgan fingerprint density at radius 2 is 1.26 bits per heavy atom. The summed E-state index contributed by atoms with van der Waals surface area (Å²) < 4.78 is 78.8. The molecule has 0 N–H and O–H groups in total. The van der Waals surface area contributed by atoms with E-state index in [9.17, 15) is 26.3 Å². The predicted octanol–water partition coefficient (Wildman–Crippen LogP) is 5.89. The van der Waals surface area contributed by atoms with E-state index in [0.717, 1.165) is 20.7 Å². The molecule has 0 saturated heterocycles. The highest BCUT2D eigenvalue weighted by Gasteiger charge is 2.27. The lowest BCUT2D eigenvalue weighted by Gasteiger charge is -2.08. The number of hydrogen-bond donors (Lipinski definition) is 0. The van der Waals surface area contributed by atoms with E-state index >= 15 is 0 Å². The lowest BCUT2D eigenvalue weighted by atomic mass is 10.0. The van der Waals surface area contributed by atoms with Crippen LogP contribution >= 0.6 is 8.58 Å². The minimum Gasteiger partial charge on any atom is -0.206 e. The largest absolute Gasteiger partial charge is 0.206 e. The average Bonchev–Trinajstić information content (AvgIpc) is 2.54. The summed E-state index contributed by atoms with van der Waals surface area (Å²) in [5, 5.41) is 0. The summed E-state index contributed by atoms with van der Waals surface area (Å²) in [5.74, 6) is -11.7. The number of benzene rings is 2. The maximum Gasteiger partial charge on any atom is 0.200 e. The zero-order chi connectivity index (χ0) is 17.6. The minimum absolute atomic E-state index is 0.690. The van der Waals surface area contributed by atoms with E-state index in [1.807, 2.05) is 0 Å². The molecule has 0 bridgehead atoms. The third-order valence-electron chi connectivity index (χ3n) is 2.85. The molecule has 0 amide bonds. The van der Waals surface area contributed by atoms with Gasteiger partial charge in [0.15, 0.2) is 23.3 Å². The second kappa shape index (κ2) is 8.92. The lowest BCUT2D eigenvalue weighted by molar-refractivity contribution is 0.381. The summed E-state index contributed by atoms with van der Waals surface area (Å²) >= 11 is 0. The molecular weight excluding hydrogens is 337 g/mol. The zero-order valence-electron chi connectivity index (χ0n) is 12.5. The van der Waals surface area contributed by atoms with Crippen LogP contribution in [0.1, 0.15) is 13.3 Å². The fourth-order valence-corrected chi connectivity index (χ4v) is 2.26. The molecule has 1 atom stereocenters. The van der Waals surface area contributed by atoms with Crippen molar-refractivity contribution in [2.24, 2.45) is 0 Å². The molecule has 23 heavy (non-hydrogen) atoms. The van der Waals surface area contributed by atoms with Gasteiger partial charge in [0, 0.05) is 5.56 Å². The second-order valence-electron chi connectivity index (χ2n) is 4.53. The number of halogens is 6. The smallest absolute Gasteiger partial charge is 0.200 e. The van der Waals surface area contributed by atoms with Gasteiger partial charge in [-0.3, -0.25) is 0 Å². The molecule has 0 aromatic heterocycles. The van der Waals surface area contributed by atoms with Gasteiger partial charge in [-0.25, -0.2) is 26.3 Å². The van der Waals surface area contributed by atoms with Crippen LogP contribution in [0, 0.1) is 34.9 Å². The SMILES string of the molecule is CCCPC.Fc1ccccc1-c1c(F)c(F)c(F)c(F)c1F. The monoisotopic (exact) mass is 352 g/mol. The van der Waals surface area contributed by atoms with E-state index in [0.29, 0.717) is 0 Å². The summed E-state index contributed by atoms with van der Waals surface area (Å²) in [6.07, 6.45) is 2.77. The van der Waals surface area contributed by atoms with Crippen molar-refractivity contribution in [3.05, 3.63) is 59.2 Å². The van der Waals surface area contributed by atoms with Crippen LogP contribution in [0.15, 0.2) is 24.3 Å². The molecule has 0 nitrogen and oxygen atoms in total. The van der Waals surface area contributed by atoms with Crippen LogP contribution in [0.5, 0.6) is 0 Å². The maximum absolute atomic E-state index is 13.4. The lowest BCUT2D eigenvalue weighted by Crippen LogP contribution is -2.04. The van der Waals surface area contributed by atoms with Crippen molar-refractivity contribution < 1.29 is 26.3 Å². The molecule has 126 valence electrons. The molecule has 0 radical (unpaired) electrons. The molecule has 0 aliphatic rings. The fraction of sp³-hybridized carbons (Fsp3) is 0.250. The number of hydrogen-bond acceptors (Lipinski definition) is 0. The van der Waals surface area contributed by atoms with Crippen molar-refractivity contribution in [1.82, 2.24) is 0 Å². The highest BCUT2D eigenvalue weighted by atomic mass is 31.1. The molecule has 2 aromatic carbocycles. The van der Waals surface area contributed by atoms with Gasteiger partial charge in [0.25, 0.3) is 0 Å². The predicted molar refractivity (Wildman–Crippen MR) is 81.0 cm³/mol. The van der Waals surface area contributed by atoms with Crippen LogP contribution in [0.2, 0.25) is 0 Å². The maximum atomic E-state index is 13.4. The van der Waals surface area contributed by atoms with Crippen LogP contribution in [-0.4, -0.2) is 12.8 Å². The standard InChI is InChI=1S/C12H4F6.C4H11P/c13-6-4-2-1-3-5(6)7-8(14)10(16)12(18)11(17)9(7)15;1-3-4-5-2/h1-4H;5H,3-4H2,1-2H3. The third kappa shape index (κ3) is 4.47. The fourth-order valence-electron chi connectivity index (χ4n) is 1.76. The van der Waals surface area contributed by atoms with E-state index in [-0.39, 0.29) is 0 Å². The average molecular weight is 352 g/mol. The first-order valence-electron chi connectivity index (χ1n) is 6.77. The molecule has 0 fully saturated rings. The van der Waals surface area contributed by atoms with Gasteiger partial charge in [0.2, 0.25) is 5.82 Å². The Kier molecular flexibility index (Phi) is 7.56. The molecular formula is C16H15F6P. The summed E-state index contributed by atoms with van der Waals surface area (Å²) in [4.78, 5) is 0. The second-order valence-corrected chi connectivity index (χ2v) is 5.74. The van der Waals surface area contributed by atoms with E-state index in [2.05, 4.69) is 13.6 Å². The third-order valence-corrected chi connectivity index (χ3v) is 3.85. The minimum atomic E-state index is -2.27. The quantitative estimate of drug-likeness (QED) is 0.280. The summed E-state index contributed by atoms with van der Waals surface area (Å²) in [6, 6.07) is 4.22. The van der Waals surface area contributed by atoms with Gasteiger partial charge in [0.05, 0.1) is 5.56 Å². The van der Waals surface area contributed by atoms with Gasteiger partial charge >= 0.3 is 0 Å². The summed E-state index contributed by atoms with van der Waals surface area (Å²) in [7, 11) is 1.16. The molecule has 0 spiro atoms. The van der Waals surface area contributed by atoms with E-state index in [1.165, 1.54) is 24.7 Å². The van der Waals surface area contributed by atoms with E-state index in [4.69, 9.17) is 0 Å². The van der Waals surface area contributed by atoms with Crippen molar-refractivity contribution in [1.29, 1.82) is 0 Å². The molecule has 0 aliphatic carbocycles. The van der Waals surface area contributed by atoms with Crippen molar-refractivity contribution in [2.45, 2.75) is 13.3 Å². The first kappa shape index (κ1) is 19.5. The zero-order valence-corrected chi connectivity index (χ0v) is 13.5. The topological polar surface area (TPSA) is 0 Å². The highest BCUT2D eigenvalue weighted by molar-refractivity contribution is 7.36. The Balaban J connectivity index is 0.000000463. The van der Waals surface area contributed by atoms with Crippen molar-refractivity contribution >= 4 is 8.58 Å². The first-order valence-corrected chi connectivity index (χ1v) is 8.48. The van der Waals surface area contributed by atoms with Crippen LogP contribution in [0.3, 0.4) is 0 Å². The van der Waals surface area contributed by atoms with Crippen molar-refractivity contribution in [3.63, 3.8) is 0 Å². The van der Waals surface area contributed by atoms with Gasteiger partial charge in [-0.1, -0.05) is 31.5 Å². The normalized spacial score (nSPS) is 10.8. The van der Waals surface area contributed by atoms with Gasteiger partial charge in [0.1, 0.15) is 5.82 Å². The molecule has 0 aliphatic heterocycles. The van der Waals surface area contributed by atoms with Crippen LogP contribution < -0.4 is 0 Å². The molecule has 7 heteroatoms. The Morgan fingerprint density at radius 3 is 1.65 bits per heavy atom. The molecule has 2 rings (SSSR count). The van der Waals surface area contributed by atoms with Crippen LogP contribution in [0.4, 0.5) is 26.3 Å². The van der Waals surface area contributed by atoms with E-state index < -0.39 is 46.0 Å². The van der Waals surface area contributed by atoms with Crippen molar-refractivity contribution in [2.75, 3.05) is 12.8 Å². The Labute approximate surface area is 132 Å². The molecule has 1 unspecified atom stereocenters. The molecule has 0 heterocycles. The molecule has 2 aromatic rings. The Hall–Kier alpha value is -1.55. The van der Waals surface area contributed by atoms with E-state index in [1.54, 1.807) is 0 Å². The van der Waals surface area contributed by atoms with Crippen LogP contribution in [-0.2, 0) is 0 Å². The van der Waals surface area contributed by atoms with Gasteiger partial charge in [-0.05, 0) is 18.9 Å². The van der Waals surface area contributed by atoms with Crippen LogP contribution in [0.25, 0.3) is 11.1 Å². The number of rotatable bonds is 3. The summed E-state index contributed by atoms with van der Waals surface area (Å²) in [5.41, 5.74) is -1.96. The van der Waals surface area contributed by atoms with Gasteiger partial charge in [-0.2, -0.15) is 0 Å². The van der Waals surface area contributed by atoms with Gasteiger partial charge < -0.3 is 0 Å². The first-order chi connectivity index (χ1) is 10.9. The Bertz CT molecular complexity index is 641. The summed E-state index contributed by atoms with van der Waals surface area (Å²) in [6.45, 7) is 4.46. The van der Waals surface area contributed by atoms with Gasteiger partial charge in [-0.15, -0.1) is 8.58 Å². The molecule has 0 saturated carbocycles. The Morgan fingerprint density at radius 1 is 0.783 bits per heavy atom.